The molecule has 3 heterocycles. The highest BCUT2D eigenvalue weighted by atomic mass is 16.7. The zero-order valence-corrected chi connectivity index (χ0v) is 39.3. The number of rotatable bonds is 10. The van der Waals surface area contributed by atoms with E-state index in [-0.39, 0.29) is 67.6 Å². The minimum Gasteiger partial charge on any atom is -0.456 e. The Kier molecular flexibility index (Phi) is 20.1. The van der Waals surface area contributed by atoms with Crippen LogP contribution in [0.4, 0.5) is 4.79 Å². The first-order valence-corrected chi connectivity index (χ1v) is 23.5. The standard InChI is InChI=1S/C48H78N2O12/c1-11-22-60-39-28-34(18-19-36(39)49-47(55)59-13-3)26-32(7)42-31(6)17-20-38(51)35(12-2)24-29(4)23-30(5)25-40(57-9)43-41(58-10)27-33(8)48(56,62-43)44(52)45(53)50-21-15-14-16-37(50)46(54)61-42/h24,26,30-31,33-37,39-43,56H,11-23,25,27-28H2,1-10H3,(H,49,55). The molecule has 2 saturated heterocycles. The van der Waals surface area contributed by atoms with E-state index in [1.54, 1.807) is 28.1 Å². The first kappa shape index (κ1) is 51.5. The van der Waals surface area contributed by atoms with Gasteiger partial charge in [0.15, 0.2) is 0 Å². The topological polar surface area (TPSA) is 176 Å². The number of allylic oxidation sites excluding steroid dienone is 3. The fourth-order valence-corrected chi connectivity index (χ4v) is 10.1. The summed E-state index contributed by atoms with van der Waals surface area (Å²) in [5, 5.41) is 15.1. The van der Waals surface area contributed by atoms with Crippen molar-refractivity contribution in [2.24, 2.45) is 29.6 Å². The van der Waals surface area contributed by atoms with Gasteiger partial charge >= 0.3 is 12.1 Å². The monoisotopic (exact) mass is 875 g/mol. The third-order valence-electron chi connectivity index (χ3n) is 13.6. The number of cyclic esters (lactones) is 1. The second-order valence-electron chi connectivity index (χ2n) is 18.6. The summed E-state index contributed by atoms with van der Waals surface area (Å²) in [7, 11) is 3.10. The number of nitrogens with zero attached hydrogens (tertiary/aromatic N) is 1. The van der Waals surface area contributed by atoms with Gasteiger partial charge in [0.1, 0.15) is 24.0 Å². The predicted molar refractivity (Wildman–Crippen MR) is 234 cm³/mol. The highest BCUT2D eigenvalue weighted by Gasteiger charge is 2.56. The van der Waals surface area contributed by atoms with Crippen molar-refractivity contribution in [3.63, 3.8) is 0 Å². The van der Waals surface area contributed by atoms with E-state index in [1.165, 1.54) is 4.90 Å². The van der Waals surface area contributed by atoms with Gasteiger partial charge in [0, 0.05) is 45.6 Å². The van der Waals surface area contributed by atoms with Gasteiger partial charge in [-0.25, -0.2) is 9.59 Å². The van der Waals surface area contributed by atoms with Crippen LogP contribution >= 0.6 is 0 Å². The van der Waals surface area contributed by atoms with Gasteiger partial charge in [0.25, 0.3) is 11.7 Å². The summed E-state index contributed by atoms with van der Waals surface area (Å²) >= 11 is 0. The van der Waals surface area contributed by atoms with Gasteiger partial charge < -0.3 is 43.7 Å². The molecule has 4 aliphatic rings. The van der Waals surface area contributed by atoms with Gasteiger partial charge in [0.2, 0.25) is 5.79 Å². The Bertz CT molecular complexity index is 1580. The molecule has 13 unspecified atom stereocenters. The predicted octanol–water partition coefficient (Wildman–Crippen LogP) is 7.04. The Morgan fingerprint density at radius 2 is 1.68 bits per heavy atom. The van der Waals surface area contributed by atoms with E-state index < -0.39 is 65.9 Å². The molecule has 0 spiro atoms. The number of hydrogen-bond acceptors (Lipinski definition) is 12. The van der Waals surface area contributed by atoms with Crippen LogP contribution in [0.15, 0.2) is 23.3 Å². The number of esters is 1. The maximum atomic E-state index is 14.5. The van der Waals surface area contributed by atoms with Crippen molar-refractivity contribution in [1.82, 2.24) is 10.2 Å². The van der Waals surface area contributed by atoms with Crippen LogP contribution in [-0.4, -0.2) is 122 Å². The van der Waals surface area contributed by atoms with Crippen molar-refractivity contribution < 1.29 is 57.5 Å². The number of nitrogens with one attached hydrogen (secondary N) is 1. The van der Waals surface area contributed by atoms with Crippen molar-refractivity contribution in [2.45, 2.75) is 187 Å². The van der Waals surface area contributed by atoms with E-state index >= 15 is 0 Å². The molecule has 13 atom stereocenters. The van der Waals surface area contributed by atoms with Crippen molar-refractivity contribution in [2.75, 3.05) is 34.0 Å². The fourth-order valence-electron chi connectivity index (χ4n) is 10.1. The lowest BCUT2D eigenvalue weighted by molar-refractivity contribution is -0.302. The molecule has 2 bridgehead atoms. The van der Waals surface area contributed by atoms with Crippen LogP contribution in [0.2, 0.25) is 0 Å². The van der Waals surface area contributed by atoms with Crippen LogP contribution in [0.25, 0.3) is 0 Å². The van der Waals surface area contributed by atoms with Crippen LogP contribution < -0.4 is 5.32 Å². The van der Waals surface area contributed by atoms with Gasteiger partial charge in [0.05, 0.1) is 31.0 Å². The highest BCUT2D eigenvalue weighted by Crippen LogP contribution is 2.39. The molecule has 2 amide bonds. The number of Topliss-reactive ketones (excluding diaryl/α,β-unsaturated/α-hetero) is 2. The van der Waals surface area contributed by atoms with Gasteiger partial charge in [-0.1, -0.05) is 52.3 Å². The largest absolute Gasteiger partial charge is 0.456 e. The smallest absolute Gasteiger partial charge is 0.407 e. The van der Waals surface area contributed by atoms with Crippen LogP contribution in [0.5, 0.6) is 0 Å². The van der Waals surface area contributed by atoms with Crippen LogP contribution in [-0.2, 0) is 47.6 Å². The summed E-state index contributed by atoms with van der Waals surface area (Å²) < 4.78 is 35.9. The second-order valence-corrected chi connectivity index (χ2v) is 18.6. The Hall–Kier alpha value is -3.17. The molecule has 62 heavy (non-hydrogen) atoms. The number of aliphatic hydroxyl groups is 1. The van der Waals surface area contributed by atoms with Gasteiger partial charge in [-0.2, -0.15) is 0 Å². The highest BCUT2D eigenvalue weighted by molar-refractivity contribution is 6.39. The van der Waals surface area contributed by atoms with E-state index in [1.807, 2.05) is 34.6 Å². The molecule has 2 N–H and O–H groups in total. The van der Waals surface area contributed by atoms with Crippen molar-refractivity contribution in [1.29, 1.82) is 0 Å². The van der Waals surface area contributed by atoms with Crippen molar-refractivity contribution in [3.8, 4) is 0 Å². The number of alkyl carbamates (subject to hydrolysis) is 1. The van der Waals surface area contributed by atoms with E-state index in [0.29, 0.717) is 64.4 Å². The molecule has 14 nitrogen and oxygen atoms in total. The quantitative estimate of drug-likeness (QED) is 0.130. The van der Waals surface area contributed by atoms with Crippen molar-refractivity contribution >= 4 is 29.5 Å². The number of ether oxygens (including phenoxy) is 6. The van der Waals surface area contributed by atoms with Gasteiger partial charge in [-0.15, -0.1) is 0 Å². The molecule has 14 heteroatoms. The first-order chi connectivity index (χ1) is 29.5. The van der Waals surface area contributed by atoms with Gasteiger partial charge in [-0.3, -0.25) is 14.4 Å². The second kappa shape index (κ2) is 24.2. The number of piperidine rings is 1. The lowest BCUT2D eigenvalue weighted by Gasteiger charge is -2.47. The summed E-state index contributed by atoms with van der Waals surface area (Å²) in [6, 6.07) is -1.27. The Labute approximate surface area is 370 Å². The Morgan fingerprint density at radius 3 is 2.34 bits per heavy atom. The molecule has 3 aliphatic heterocycles. The normalized spacial score (nSPS) is 36.5. The molecule has 0 aromatic heterocycles. The van der Waals surface area contributed by atoms with Crippen LogP contribution in [0.3, 0.4) is 0 Å². The number of hydrogen-bond donors (Lipinski definition) is 2. The average Bonchev–Trinajstić information content (AvgIpc) is 3.25. The van der Waals surface area contributed by atoms with Crippen LogP contribution in [0, 0.1) is 29.6 Å². The number of methoxy groups -OCH3 is 2. The third-order valence-corrected chi connectivity index (χ3v) is 13.6. The minimum atomic E-state index is -2.48. The minimum absolute atomic E-state index is 0.0533. The van der Waals surface area contributed by atoms with E-state index in [0.717, 1.165) is 24.0 Å². The van der Waals surface area contributed by atoms with E-state index in [9.17, 15) is 29.1 Å². The van der Waals surface area contributed by atoms with Gasteiger partial charge in [-0.05, 0) is 121 Å². The molecule has 1 aliphatic carbocycles. The lowest BCUT2D eigenvalue weighted by Crippen LogP contribution is -2.64. The molecular weight excluding hydrogens is 797 g/mol. The zero-order chi connectivity index (χ0) is 45.7. The Balaban J connectivity index is 1.71. The number of carbonyl (C=O) groups excluding carboxylic acids is 5. The maximum absolute atomic E-state index is 14.5. The summed E-state index contributed by atoms with van der Waals surface area (Å²) in [5.41, 5.74) is 1.89. The maximum Gasteiger partial charge on any atom is 0.407 e. The number of amides is 2. The Morgan fingerprint density at radius 1 is 0.968 bits per heavy atom. The molecule has 0 radical (unpaired) electrons. The van der Waals surface area contributed by atoms with Crippen molar-refractivity contribution in [3.05, 3.63) is 23.3 Å². The summed E-state index contributed by atoms with van der Waals surface area (Å²) in [5.74, 6) is -6.34. The number of carbonyl (C=O) groups is 5. The zero-order valence-electron chi connectivity index (χ0n) is 39.3. The van der Waals surface area contributed by atoms with E-state index in [2.05, 4.69) is 24.4 Å². The molecule has 3 fully saturated rings. The third kappa shape index (κ3) is 13.2. The molecule has 4 rings (SSSR count). The average molecular weight is 875 g/mol. The summed E-state index contributed by atoms with van der Waals surface area (Å²) in [6.07, 6.45) is 7.98. The van der Waals surface area contributed by atoms with E-state index in [4.69, 9.17) is 28.4 Å². The molecular formula is C48H78N2O12. The summed E-state index contributed by atoms with van der Waals surface area (Å²) in [4.78, 5) is 70.6. The fraction of sp³-hybridized carbons (Fsp3) is 0.812. The SMILES string of the molecule is CCCOC1CC(C=C(C)C2OC(=O)C3CCCCN3C(=O)C(=O)C3(O)OC(C(OC)CC(C)CC(C)=CC(CC)C(=O)CCC2C)C(OC)CC3C)CCC1NC(=O)OCC. The molecule has 352 valence electrons. The molecule has 0 aromatic rings. The number of fused-ring (bicyclic) bond motifs is 3. The first-order valence-electron chi connectivity index (χ1n) is 23.5. The number of ketones is 2. The molecule has 1 saturated carbocycles. The summed E-state index contributed by atoms with van der Waals surface area (Å²) in [6.45, 7) is 16.5. The lowest BCUT2D eigenvalue weighted by atomic mass is 9.81. The van der Waals surface area contributed by atoms with Crippen LogP contribution in [0.1, 0.15) is 139 Å². The molecule has 0 aromatic carbocycles.